The molecule has 2 rings (SSSR count). The first kappa shape index (κ1) is 11.8. The van der Waals surface area contributed by atoms with Gasteiger partial charge in [0.15, 0.2) is 5.58 Å². The smallest absolute Gasteiger partial charge is 0.408 e. The highest BCUT2D eigenvalue weighted by Crippen LogP contribution is 2.17. The molecule has 5 nitrogen and oxygen atoms in total. The maximum atomic E-state index is 11.4. The lowest BCUT2D eigenvalue weighted by molar-refractivity contribution is -0.115. The molecule has 1 aromatic carbocycles. The van der Waals surface area contributed by atoms with Gasteiger partial charge >= 0.3 is 5.76 Å². The molecule has 90 valence electrons. The average Bonchev–Trinajstić information content (AvgIpc) is 2.56. The fourth-order valence-electron chi connectivity index (χ4n) is 1.53. The lowest BCUT2D eigenvalue weighted by atomic mass is 10.2. The number of amides is 1. The quantitative estimate of drug-likeness (QED) is 0.811. The maximum Gasteiger partial charge on any atom is 0.419 e. The number of carbonyl (C=O) groups excluding carboxylic acids is 1. The van der Waals surface area contributed by atoms with Crippen molar-refractivity contribution in [3.8, 4) is 0 Å². The summed E-state index contributed by atoms with van der Waals surface area (Å²) in [6.45, 7) is 0. The number of anilines is 1. The number of hydrogen-bond donors (Lipinski definition) is 2. The largest absolute Gasteiger partial charge is 0.419 e. The molecule has 0 spiro atoms. The molecule has 17 heavy (non-hydrogen) atoms. The summed E-state index contributed by atoms with van der Waals surface area (Å²) in [6.07, 6.45) is 0.353. The van der Waals surface area contributed by atoms with Crippen molar-refractivity contribution >= 4 is 35.3 Å². The van der Waals surface area contributed by atoms with Crippen LogP contribution in [0, 0.1) is 0 Å². The summed E-state index contributed by atoms with van der Waals surface area (Å²) >= 11 is 3.98. The minimum Gasteiger partial charge on any atom is -0.408 e. The van der Waals surface area contributed by atoms with Crippen molar-refractivity contribution in [2.24, 2.45) is 7.05 Å². The minimum atomic E-state index is -0.418. The number of carbonyl (C=O) groups is 1. The van der Waals surface area contributed by atoms with Crippen LogP contribution in [-0.4, -0.2) is 16.2 Å². The second-order valence-corrected chi connectivity index (χ2v) is 4.08. The Labute approximate surface area is 103 Å². The topological polar surface area (TPSA) is 64.2 Å². The van der Waals surface area contributed by atoms with E-state index < -0.39 is 5.76 Å². The Morgan fingerprint density at radius 3 is 3.00 bits per heavy atom. The Morgan fingerprint density at radius 1 is 1.53 bits per heavy atom. The van der Waals surface area contributed by atoms with Gasteiger partial charge in [0.25, 0.3) is 0 Å². The van der Waals surface area contributed by atoms with E-state index in [4.69, 9.17) is 4.42 Å². The molecule has 0 aliphatic carbocycles. The van der Waals surface area contributed by atoms with Crippen molar-refractivity contribution < 1.29 is 9.21 Å². The molecular weight excluding hydrogens is 240 g/mol. The highest BCUT2D eigenvalue weighted by Gasteiger charge is 2.07. The van der Waals surface area contributed by atoms with Crippen molar-refractivity contribution in [2.45, 2.75) is 6.42 Å². The molecule has 2 aromatic rings. The summed E-state index contributed by atoms with van der Waals surface area (Å²) in [5.74, 6) is -0.0233. The van der Waals surface area contributed by atoms with Gasteiger partial charge in [0.2, 0.25) is 5.91 Å². The molecule has 1 aromatic heterocycles. The number of nitrogens with zero attached hydrogens (tertiary/aromatic N) is 1. The summed E-state index contributed by atoms with van der Waals surface area (Å²) in [5.41, 5.74) is 1.80. The van der Waals surface area contributed by atoms with Crippen LogP contribution in [0.5, 0.6) is 0 Å². The fourth-order valence-corrected chi connectivity index (χ4v) is 1.73. The van der Waals surface area contributed by atoms with E-state index in [1.54, 1.807) is 25.2 Å². The Bertz CT molecular complexity index is 615. The summed E-state index contributed by atoms with van der Waals surface area (Å²) in [6, 6.07) is 5.06. The van der Waals surface area contributed by atoms with Crippen LogP contribution >= 0.6 is 12.6 Å². The van der Waals surface area contributed by atoms with Gasteiger partial charge in [-0.3, -0.25) is 9.36 Å². The second-order valence-electron chi connectivity index (χ2n) is 3.63. The van der Waals surface area contributed by atoms with Gasteiger partial charge in [0.1, 0.15) is 0 Å². The molecule has 0 unspecified atom stereocenters. The van der Waals surface area contributed by atoms with E-state index in [1.807, 2.05) is 0 Å². The van der Waals surface area contributed by atoms with E-state index >= 15 is 0 Å². The predicted octanol–water partition coefficient (Wildman–Crippen LogP) is 1.39. The van der Waals surface area contributed by atoms with Crippen LogP contribution in [0.1, 0.15) is 6.42 Å². The van der Waals surface area contributed by atoms with E-state index in [1.165, 1.54) is 4.57 Å². The molecule has 1 heterocycles. The monoisotopic (exact) mass is 252 g/mol. The third-order valence-electron chi connectivity index (χ3n) is 2.41. The van der Waals surface area contributed by atoms with Gasteiger partial charge in [0.05, 0.1) is 5.52 Å². The molecule has 0 radical (unpaired) electrons. The van der Waals surface area contributed by atoms with Crippen molar-refractivity contribution in [3.63, 3.8) is 0 Å². The van der Waals surface area contributed by atoms with Gasteiger partial charge in [-0.05, 0) is 24.0 Å². The van der Waals surface area contributed by atoms with Gasteiger partial charge in [-0.2, -0.15) is 12.6 Å². The molecule has 1 amide bonds. The highest BCUT2D eigenvalue weighted by atomic mass is 32.1. The van der Waals surface area contributed by atoms with Crippen LogP contribution in [0.15, 0.2) is 27.4 Å². The van der Waals surface area contributed by atoms with E-state index in [9.17, 15) is 9.59 Å². The molecule has 0 atom stereocenters. The van der Waals surface area contributed by atoms with Gasteiger partial charge in [-0.25, -0.2) is 4.79 Å². The predicted molar refractivity (Wildman–Crippen MR) is 68.6 cm³/mol. The van der Waals surface area contributed by atoms with E-state index in [-0.39, 0.29) is 5.91 Å². The van der Waals surface area contributed by atoms with Crippen molar-refractivity contribution in [3.05, 3.63) is 28.7 Å². The first-order chi connectivity index (χ1) is 8.11. The number of fused-ring (bicyclic) bond motifs is 1. The van der Waals surface area contributed by atoms with Crippen LogP contribution in [0.2, 0.25) is 0 Å². The Morgan fingerprint density at radius 2 is 2.29 bits per heavy atom. The highest BCUT2D eigenvalue weighted by molar-refractivity contribution is 7.80. The van der Waals surface area contributed by atoms with Gasteiger partial charge in [-0.15, -0.1) is 0 Å². The second kappa shape index (κ2) is 4.67. The number of hydrogen-bond acceptors (Lipinski definition) is 4. The van der Waals surface area contributed by atoms with Crippen LogP contribution in [0.3, 0.4) is 0 Å². The standard InChI is InChI=1S/C11H12N2O3S/c1-13-8-6-7(12-10(14)4-5-17)2-3-9(8)16-11(13)15/h2-3,6,17H,4-5H2,1H3,(H,12,14). The number of aryl methyl sites for hydroxylation is 1. The normalized spacial score (nSPS) is 10.7. The molecule has 0 saturated heterocycles. The summed E-state index contributed by atoms with van der Waals surface area (Å²) in [7, 11) is 1.62. The summed E-state index contributed by atoms with van der Waals surface area (Å²) in [4.78, 5) is 22.7. The number of oxazole rings is 1. The van der Waals surface area contributed by atoms with Gasteiger partial charge in [0, 0.05) is 19.2 Å². The van der Waals surface area contributed by atoms with Crippen LogP contribution in [0.4, 0.5) is 5.69 Å². The molecule has 0 fully saturated rings. The summed E-state index contributed by atoms with van der Waals surface area (Å²) < 4.78 is 6.38. The first-order valence-corrected chi connectivity index (χ1v) is 5.75. The molecule has 1 N–H and O–H groups in total. The Kier molecular flexibility index (Phi) is 3.23. The minimum absolute atomic E-state index is 0.104. The van der Waals surface area contributed by atoms with Crippen LogP contribution in [-0.2, 0) is 11.8 Å². The van der Waals surface area contributed by atoms with Crippen molar-refractivity contribution in [1.82, 2.24) is 4.57 Å². The van der Waals surface area contributed by atoms with E-state index in [0.29, 0.717) is 29.0 Å². The van der Waals surface area contributed by atoms with Gasteiger partial charge in [-0.1, -0.05) is 0 Å². The molecule has 0 aliphatic rings. The zero-order valence-corrected chi connectivity index (χ0v) is 10.2. The Balaban J connectivity index is 2.34. The molecule has 0 saturated carbocycles. The van der Waals surface area contributed by atoms with E-state index in [2.05, 4.69) is 17.9 Å². The third-order valence-corrected chi connectivity index (χ3v) is 2.64. The number of benzene rings is 1. The number of nitrogens with one attached hydrogen (secondary N) is 1. The lowest BCUT2D eigenvalue weighted by Crippen LogP contribution is -2.12. The maximum absolute atomic E-state index is 11.4. The SMILES string of the molecule is Cn1c(=O)oc2ccc(NC(=O)CCS)cc21. The van der Waals surface area contributed by atoms with Gasteiger partial charge < -0.3 is 9.73 Å². The van der Waals surface area contributed by atoms with Crippen molar-refractivity contribution in [2.75, 3.05) is 11.1 Å². The Hall–Kier alpha value is -1.69. The summed E-state index contributed by atoms with van der Waals surface area (Å²) in [5, 5.41) is 2.73. The molecule has 6 heteroatoms. The fraction of sp³-hybridized carbons (Fsp3) is 0.273. The number of rotatable bonds is 3. The van der Waals surface area contributed by atoms with Crippen LogP contribution in [0.25, 0.3) is 11.1 Å². The molecule has 0 bridgehead atoms. The van der Waals surface area contributed by atoms with Crippen molar-refractivity contribution in [1.29, 1.82) is 0 Å². The third kappa shape index (κ3) is 2.36. The first-order valence-electron chi connectivity index (χ1n) is 5.12. The average molecular weight is 252 g/mol. The number of aromatic nitrogens is 1. The zero-order chi connectivity index (χ0) is 12.4. The zero-order valence-electron chi connectivity index (χ0n) is 9.27. The lowest BCUT2D eigenvalue weighted by Gasteiger charge is -2.03. The molecular formula is C11H12N2O3S. The van der Waals surface area contributed by atoms with E-state index in [0.717, 1.165) is 0 Å². The number of thiol groups is 1. The van der Waals surface area contributed by atoms with Crippen LogP contribution < -0.4 is 11.1 Å². The molecule has 0 aliphatic heterocycles.